The summed E-state index contributed by atoms with van der Waals surface area (Å²) in [5, 5.41) is 3.04. The molecule has 2 nitrogen and oxygen atoms in total. The van der Waals surface area contributed by atoms with Crippen LogP contribution in [0, 0.1) is 11.7 Å². The standard InChI is InChI=1S/C16H21F4NO/c1-9(2)15(22)13(8-21-10(3)4)12-6-5-11(7-14(12)17)16(18,19)20/h5-7,9-10,13,21H,8H2,1-4H3/t13-/m1/s1. The molecule has 0 fully saturated rings. The molecular weight excluding hydrogens is 298 g/mol. The van der Waals surface area contributed by atoms with Crippen molar-refractivity contribution >= 4 is 5.78 Å². The van der Waals surface area contributed by atoms with E-state index in [1.807, 2.05) is 13.8 Å². The third-order valence-electron chi connectivity index (χ3n) is 3.35. The van der Waals surface area contributed by atoms with Crippen molar-refractivity contribution in [3.8, 4) is 0 Å². The molecule has 0 saturated carbocycles. The maximum atomic E-state index is 14.1. The van der Waals surface area contributed by atoms with Gasteiger partial charge in [0.15, 0.2) is 0 Å². The summed E-state index contributed by atoms with van der Waals surface area (Å²) in [7, 11) is 0. The molecule has 0 radical (unpaired) electrons. The van der Waals surface area contributed by atoms with Crippen molar-refractivity contribution in [2.45, 2.75) is 45.8 Å². The smallest absolute Gasteiger partial charge is 0.313 e. The molecule has 0 heterocycles. The first-order valence-electron chi connectivity index (χ1n) is 7.17. The van der Waals surface area contributed by atoms with Gasteiger partial charge in [-0.2, -0.15) is 13.2 Å². The van der Waals surface area contributed by atoms with Gasteiger partial charge >= 0.3 is 6.18 Å². The van der Waals surface area contributed by atoms with Crippen LogP contribution in [0.4, 0.5) is 17.6 Å². The molecular formula is C16H21F4NO. The second-order valence-electron chi connectivity index (χ2n) is 5.91. The average Bonchev–Trinajstić information content (AvgIpc) is 2.38. The van der Waals surface area contributed by atoms with Gasteiger partial charge in [0, 0.05) is 18.5 Å². The Hall–Kier alpha value is -1.43. The number of hydrogen-bond acceptors (Lipinski definition) is 2. The molecule has 22 heavy (non-hydrogen) atoms. The molecule has 0 aromatic heterocycles. The Bertz CT molecular complexity index is 523. The van der Waals surface area contributed by atoms with E-state index in [-0.39, 0.29) is 29.9 Å². The summed E-state index contributed by atoms with van der Waals surface area (Å²) >= 11 is 0. The fourth-order valence-corrected chi connectivity index (χ4v) is 2.11. The van der Waals surface area contributed by atoms with E-state index in [0.717, 1.165) is 12.1 Å². The van der Waals surface area contributed by atoms with Gasteiger partial charge < -0.3 is 5.32 Å². The summed E-state index contributed by atoms with van der Waals surface area (Å²) in [6, 6.07) is 2.41. The molecule has 0 aliphatic rings. The molecule has 0 aliphatic heterocycles. The highest BCUT2D eigenvalue weighted by molar-refractivity contribution is 5.87. The Kier molecular flexibility index (Phi) is 6.11. The van der Waals surface area contributed by atoms with E-state index in [4.69, 9.17) is 0 Å². The quantitative estimate of drug-likeness (QED) is 0.798. The fourth-order valence-electron chi connectivity index (χ4n) is 2.11. The molecule has 0 spiro atoms. The topological polar surface area (TPSA) is 29.1 Å². The third kappa shape index (κ3) is 4.80. The monoisotopic (exact) mass is 319 g/mol. The number of benzene rings is 1. The van der Waals surface area contributed by atoms with Crippen molar-refractivity contribution in [3.63, 3.8) is 0 Å². The van der Waals surface area contributed by atoms with Crippen LogP contribution in [0.15, 0.2) is 18.2 Å². The number of halogens is 4. The molecule has 0 aliphatic carbocycles. The molecule has 0 saturated heterocycles. The van der Waals surface area contributed by atoms with Crippen molar-refractivity contribution < 1.29 is 22.4 Å². The number of carbonyl (C=O) groups is 1. The van der Waals surface area contributed by atoms with Crippen LogP contribution in [-0.2, 0) is 11.0 Å². The summed E-state index contributed by atoms with van der Waals surface area (Å²) < 4.78 is 51.9. The molecule has 0 bridgehead atoms. The predicted octanol–water partition coefficient (Wildman–Crippen LogP) is 4.15. The number of hydrogen-bond donors (Lipinski definition) is 1. The lowest BCUT2D eigenvalue weighted by Gasteiger charge is -2.21. The summed E-state index contributed by atoms with van der Waals surface area (Å²) in [4.78, 5) is 12.3. The number of Topliss-reactive ketones (excluding diaryl/α,β-unsaturated/α-hetero) is 1. The van der Waals surface area contributed by atoms with Gasteiger partial charge in [0.2, 0.25) is 0 Å². The lowest BCUT2D eigenvalue weighted by Crippen LogP contribution is -2.33. The molecule has 1 N–H and O–H groups in total. The first-order valence-corrected chi connectivity index (χ1v) is 7.17. The van der Waals surface area contributed by atoms with Crippen LogP contribution in [0.25, 0.3) is 0 Å². The zero-order valence-corrected chi connectivity index (χ0v) is 13.1. The molecule has 1 rings (SSSR count). The first-order chi connectivity index (χ1) is 10.0. The summed E-state index contributed by atoms with van der Waals surface area (Å²) in [5.41, 5.74) is -1.05. The van der Waals surface area contributed by atoms with Crippen molar-refractivity contribution in [2.75, 3.05) is 6.54 Å². The highest BCUT2D eigenvalue weighted by Gasteiger charge is 2.33. The largest absolute Gasteiger partial charge is 0.416 e. The third-order valence-corrected chi connectivity index (χ3v) is 3.35. The number of rotatable bonds is 6. The van der Waals surface area contributed by atoms with Crippen LogP contribution >= 0.6 is 0 Å². The minimum absolute atomic E-state index is 0.000139. The van der Waals surface area contributed by atoms with E-state index in [0.29, 0.717) is 6.07 Å². The van der Waals surface area contributed by atoms with E-state index < -0.39 is 23.5 Å². The zero-order valence-electron chi connectivity index (χ0n) is 13.1. The number of ketones is 1. The maximum Gasteiger partial charge on any atom is 0.416 e. The Morgan fingerprint density at radius 2 is 1.77 bits per heavy atom. The van der Waals surface area contributed by atoms with E-state index in [1.54, 1.807) is 13.8 Å². The predicted molar refractivity (Wildman–Crippen MR) is 77.1 cm³/mol. The highest BCUT2D eigenvalue weighted by Crippen LogP contribution is 2.32. The molecule has 0 unspecified atom stereocenters. The summed E-state index contributed by atoms with van der Waals surface area (Å²) in [6.07, 6.45) is -4.60. The minimum atomic E-state index is -4.60. The van der Waals surface area contributed by atoms with Gasteiger partial charge in [0.1, 0.15) is 11.6 Å². The van der Waals surface area contributed by atoms with Crippen molar-refractivity contribution in [2.24, 2.45) is 5.92 Å². The molecule has 1 aromatic carbocycles. The van der Waals surface area contributed by atoms with Gasteiger partial charge in [-0.3, -0.25) is 4.79 Å². The van der Waals surface area contributed by atoms with Crippen LogP contribution < -0.4 is 5.32 Å². The van der Waals surface area contributed by atoms with Gasteiger partial charge in [-0.15, -0.1) is 0 Å². The van der Waals surface area contributed by atoms with Crippen molar-refractivity contribution in [3.05, 3.63) is 35.1 Å². The SMILES string of the molecule is CC(C)NC[C@@H](C(=O)C(C)C)c1ccc(C(F)(F)F)cc1F. The fraction of sp³-hybridized carbons (Fsp3) is 0.562. The van der Waals surface area contributed by atoms with E-state index in [1.165, 1.54) is 0 Å². The second-order valence-corrected chi connectivity index (χ2v) is 5.91. The van der Waals surface area contributed by atoms with E-state index in [9.17, 15) is 22.4 Å². The lowest BCUT2D eigenvalue weighted by molar-refractivity contribution is -0.137. The molecule has 1 aromatic rings. The van der Waals surface area contributed by atoms with Crippen LogP contribution in [-0.4, -0.2) is 18.4 Å². The van der Waals surface area contributed by atoms with Gasteiger partial charge in [-0.05, 0) is 17.7 Å². The lowest BCUT2D eigenvalue weighted by atomic mass is 9.87. The second kappa shape index (κ2) is 7.22. The minimum Gasteiger partial charge on any atom is -0.313 e. The molecule has 6 heteroatoms. The van der Waals surface area contributed by atoms with E-state index in [2.05, 4.69) is 5.32 Å². The normalized spacial score (nSPS) is 13.7. The van der Waals surface area contributed by atoms with Gasteiger partial charge in [0.05, 0.1) is 11.5 Å². The molecule has 1 atom stereocenters. The van der Waals surface area contributed by atoms with Crippen molar-refractivity contribution in [1.82, 2.24) is 5.32 Å². The van der Waals surface area contributed by atoms with Gasteiger partial charge in [-0.1, -0.05) is 33.8 Å². The van der Waals surface area contributed by atoms with Crippen LogP contribution in [0.2, 0.25) is 0 Å². The molecule has 124 valence electrons. The van der Waals surface area contributed by atoms with Gasteiger partial charge in [0.25, 0.3) is 0 Å². The van der Waals surface area contributed by atoms with E-state index >= 15 is 0 Å². The Morgan fingerprint density at radius 1 is 1.18 bits per heavy atom. The maximum absolute atomic E-state index is 14.1. The van der Waals surface area contributed by atoms with Crippen LogP contribution in [0.5, 0.6) is 0 Å². The van der Waals surface area contributed by atoms with Gasteiger partial charge in [-0.25, -0.2) is 4.39 Å². The summed E-state index contributed by atoms with van der Waals surface area (Å²) in [6.45, 7) is 7.32. The van der Waals surface area contributed by atoms with Crippen LogP contribution in [0.3, 0.4) is 0 Å². The highest BCUT2D eigenvalue weighted by atomic mass is 19.4. The first kappa shape index (κ1) is 18.6. The average molecular weight is 319 g/mol. The number of carbonyl (C=O) groups excluding carboxylic acids is 1. The number of nitrogens with one attached hydrogen (secondary N) is 1. The number of alkyl halides is 3. The summed E-state index contributed by atoms with van der Waals surface area (Å²) in [5.74, 6) is -2.34. The Labute approximate surface area is 127 Å². The van der Waals surface area contributed by atoms with Crippen molar-refractivity contribution in [1.29, 1.82) is 0 Å². The zero-order chi connectivity index (χ0) is 17.1. The molecule has 0 amide bonds. The Morgan fingerprint density at radius 3 is 2.18 bits per heavy atom. The van der Waals surface area contributed by atoms with Crippen LogP contribution in [0.1, 0.15) is 44.7 Å². The Balaban J connectivity index is 3.16.